The highest BCUT2D eigenvalue weighted by Gasteiger charge is 2.25. The number of hydrogen-bond donors (Lipinski definition) is 1. The van der Waals surface area contributed by atoms with Gasteiger partial charge in [-0.15, -0.1) is 0 Å². The molecule has 1 fully saturated rings. The number of H-pyrrole nitrogens is 1. The molecule has 128 valence electrons. The Bertz CT molecular complexity index is 655. The van der Waals surface area contributed by atoms with Gasteiger partial charge in [-0.25, -0.2) is 0 Å². The Hall–Kier alpha value is -2.10. The van der Waals surface area contributed by atoms with Crippen LogP contribution in [0.3, 0.4) is 0 Å². The zero-order chi connectivity index (χ0) is 16.9. The summed E-state index contributed by atoms with van der Waals surface area (Å²) in [7, 11) is 0. The van der Waals surface area contributed by atoms with Gasteiger partial charge in [-0.2, -0.15) is 5.10 Å². The molecule has 1 saturated heterocycles. The van der Waals surface area contributed by atoms with Crippen molar-refractivity contribution >= 4 is 5.91 Å². The van der Waals surface area contributed by atoms with Crippen molar-refractivity contribution in [2.75, 3.05) is 13.1 Å². The monoisotopic (exact) mass is 325 g/mol. The van der Waals surface area contributed by atoms with Crippen LogP contribution in [0.15, 0.2) is 36.4 Å². The maximum atomic E-state index is 12.6. The van der Waals surface area contributed by atoms with Crippen LogP contribution in [0.4, 0.5) is 0 Å². The number of hydrogen-bond acceptors (Lipinski definition) is 2. The summed E-state index contributed by atoms with van der Waals surface area (Å²) in [6, 6.07) is 12.6. The number of carbonyl (C=O) groups is 1. The molecule has 4 heteroatoms. The van der Waals surface area contributed by atoms with Crippen molar-refractivity contribution in [3.05, 3.63) is 53.3 Å². The molecule has 1 amide bonds. The number of rotatable bonds is 5. The van der Waals surface area contributed by atoms with Gasteiger partial charge in [0.25, 0.3) is 5.91 Å². The second-order valence-electron chi connectivity index (χ2n) is 7.30. The third kappa shape index (κ3) is 4.25. The number of nitrogens with one attached hydrogen (secondary N) is 1. The van der Waals surface area contributed by atoms with Crippen LogP contribution < -0.4 is 0 Å². The second kappa shape index (κ2) is 7.65. The van der Waals surface area contributed by atoms with E-state index in [4.69, 9.17) is 0 Å². The van der Waals surface area contributed by atoms with Gasteiger partial charge in [0.1, 0.15) is 5.69 Å². The molecule has 1 aliphatic heterocycles. The molecule has 24 heavy (non-hydrogen) atoms. The summed E-state index contributed by atoms with van der Waals surface area (Å²) >= 11 is 0. The fourth-order valence-corrected chi connectivity index (χ4v) is 3.47. The quantitative estimate of drug-likeness (QED) is 0.911. The van der Waals surface area contributed by atoms with Gasteiger partial charge in [0, 0.05) is 18.8 Å². The zero-order valence-corrected chi connectivity index (χ0v) is 14.7. The predicted molar refractivity (Wildman–Crippen MR) is 95.9 cm³/mol. The molecule has 0 unspecified atom stereocenters. The highest BCUT2D eigenvalue weighted by atomic mass is 16.2. The van der Waals surface area contributed by atoms with E-state index in [1.165, 1.54) is 5.56 Å². The van der Waals surface area contributed by atoms with E-state index < -0.39 is 0 Å². The maximum Gasteiger partial charge on any atom is 0.274 e. The Morgan fingerprint density at radius 3 is 2.62 bits per heavy atom. The number of aromatic amines is 1. The van der Waals surface area contributed by atoms with E-state index in [1.54, 1.807) is 0 Å². The lowest BCUT2D eigenvalue weighted by molar-refractivity contribution is 0.0684. The number of piperidine rings is 1. The maximum absolute atomic E-state index is 12.6. The van der Waals surface area contributed by atoms with Crippen molar-refractivity contribution in [2.24, 2.45) is 11.8 Å². The van der Waals surface area contributed by atoms with Crippen LogP contribution in [-0.4, -0.2) is 34.1 Å². The van der Waals surface area contributed by atoms with Gasteiger partial charge in [-0.05, 0) is 49.1 Å². The van der Waals surface area contributed by atoms with E-state index in [0.717, 1.165) is 44.5 Å². The first-order valence-corrected chi connectivity index (χ1v) is 8.99. The van der Waals surface area contributed by atoms with E-state index in [9.17, 15) is 4.79 Å². The molecule has 0 atom stereocenters. The lowest BCUT2D eigenvalue weighted by Gasteiger charge is -2.31. The lowest BCUT2D eigenvalue weighted by Crippen LogP contribution is -2.39. The Morgan fingerprint density at radius 2 is 1.96 bits per heavy atom. The topological polar surface area (TPSA) is 49.0 Å². The van der Waals surface area contributed by atoms with Gasteiger partial charge in [-0.3, -0.25) is 9.89 Å². The number of aromatic nitrogens is 2. The minimum absolute atomic E-state index is 0.0689. The Kier molecular flexibility index (Phi) is 5.34. The molecular weight excluding hydrogens is 298 g/mol. The van der Waals surface area contributed by atoms with Crippen LogP contribution in [0.25, 0.3) is 0 Å². The van der Waals surface area contributed by atoms with E-state index in [1.807, 2.05) is 11.0 Å². The zero-order valence-electron chi connectivity index (χ0n) is 14.7. The molecular formula is C20H27N3O. The molecule has 2 heterocycles. The molecule has 1 aromatic heterocycles. The van der Waals surface area contributed by atoms with Gasteiger partial charge < -0.3 is 4.90 Å². The van der Waals surface area contributed by atoms with Crippen molar-refractivity contribution in [1.82, 2.24) is 15.1 Å². The summed E-state index contributed by atoms with van der Waals surface area (Å²) in [4.78, 5) is 14.6. The average Bonchev–Trinajstić information content (AvgIpc) is 3.03. The molecule has 1 N–H and O–H groups in total. The van der Waals surface area contributed by atoms with Crippen molar-refractivity contribution in [3.63, 3.8) is 0 Å². The summed E-state index contributed by atoms with van der Waals surface area (Å²) in [5.74, 6) is 1.30. The first kappa shape index (κ1) is 16.7. The van der Waals surface area contributed by atoms with Gasteiger partial charge in [-0.1, -0.05) is 44.2 Å². The van der Waals surface area contributed by atoms with E-state index in [0.29, 0.717) is 17.5 Å². The smallest absolute Gasteiger partial charge is 0.274 e. The molecule has 1 aliphatic rings. The van der Waals surface area contributed by atoms with Gasteiger partial charge in [0.05, 0.1) is 0 Å². The summed E-state index contributed by atoms with van der Waals surface area (Å²) < 4.78 is 0. The van der Waals surface area contributed by atoms with E-state index >= 15 is 0 Å². The third-order valence-electron chi connectivity index (χ3n) is 4.75. The molecule has 0 bridgehead atoms. The minimum Gasteiger partial charge on any atom is -0.337 e. The predicted octanol–water partition coefficient (Wildman–Crippen LogP) is 3.70. The van der Waals surface area contributed by atoms with Crippen molar-refractivity contribution in [2.45, 2.75) is 39.5 Å². The number of likely N-dealkylation sites (tertiary alicyclic amines) is 1. The van der Waals surface area contributed by atoms with Gasteiger partial charge in [0.15, 0.2) is 0 Å². The van der Waals surface area contributed by atoms with Crippen molar-refractivity contribution in [1.29, 1.82) is 0 Å². The summed E-state index contributed by atoms with van der Waals surface area (Å²) in [5.41, 5.74) is 3.01. The molecule has 0 aliphatic carbocycles. The van der Waals surface area contributed by atoms with Gasteiger partial charge in [0.2, 0.25) is 0 Å². The summed E-state index contributed by atoms with van der Waals surface area (Å²) in [6.45, 7) is 6.01. The second-order valence-corrected chi connectivity index (χ2v) is 7.30. The minimum atomic E-state index is 0.0689. The molecule has 3 rings (SSSR count). The highest BCUT2D eigenvalue weighted by molar-refractivity contribution is 5.92. The fraction of sp³-hybridized carbons (Fsp3) is 0.500. The number of amides is 1. The van der Waals surface area contributed by atoms with Crippen LogP contribution in [0, 0.1) is 11.8 Å². The van der Waals surface area contributed by atoms with Gasteiger partial charge >= 0.3 is 0 Å². The average molecular weight is 325 g/mol. The molecule has 1 aromatic carbocycles. The van der Waals surface area contributed by atoms with Crippen molar-refractivity contribution in [3.8, 4) is 0 Å². The van der Waals surface area contributed by atoms with Crippen LogP contribution >= 0.6 is 0 Å². The molecule has 0 spiro atoms. The molecule has 0 radical (unpaired) electrons. The Balaban J connectivity index is 1.52. The molecule has 2 aromatic rings. The normalized spacial score (nSPS) is 15.9. The summed E-state index contributed by atoms with van der Waals surface area (Å²) in [5, 5.41) is 7.22. The van der Waals surface area contributed by atoms with E-state index in [2.05, 4.69) is 54.4 Å². The lowest BCUT2D eigenvalue weighted by atomic mass is 9.90. The van der Waals surface area contributed by atoms with Crippen LogP contribution in [-0.2, 0) is 12.8 Å². The molecule has 4 nitrogen and oxygen atoms in total. The number of benzene rings is 1. The molecule has 0 saturated carbocycles. The van der Waals surface area contributed by atoms with Crippen molar-refractivity contribution < 1.29 is 4.79 Å². The first-order chi connectivity index (χ1) is 11.6. The first-order valence-electron chi connectivity index (χ1n) is 8.99. The summed E-state index contributed by atoms with van der Waals surface area (Å²) in [6.07, 6.45) is 4.19. The Labute approximate surface area is 144 Å². The fourth-order valence-electron chi connectivity index (χ4n) is 3.47. The third-order valence-corrected chi connectivity index (χ3v) is 4.75. The van der Waals surface area contributed by atoms with Crippen LogP contribution in [0.2, 0.25) is 0 Å². The number of nitrogens with zero attached hydrogens (tertiary/aromatic N) is 2. The Morgan fingerprint density at radius 1 is 1.25 bits per heavy atom. The van der Waals surface area contributed by atoms with Crippen LogP contribution in [0.1, 0.15) is 48.4 Å². The highest BCUT2D eigenvalue weighted by Crippen LogP contribution is 2.22. The SMILES string of the molecule is CC(C)Cc1cc(C(=O)N2CCC(Cc3ccccc3)CC2)n[nH]1. The van der Waals surface area contributed by atoms with Crippen LogP contribution in [0.5, 0.6) is 0 Å². The largest absolute Gasteiger partial charge is 0.337 e. The number of carbonyl (C=O) groups excluding carboxylic acids is 1. The standard InChI is InChI=1S/C20H27N3O/c1-15(2)12-18-14-19(22-21-18)20(24)23-10-8-17(9-11-23)13-16-6-4-3-5-7-16/h3-7,14-15,17H,8-13H2,1-2H3,(H,21,22). The van der Waals surface area contributed by atoms with E-state index in [-0.39, 0.29) is 5.91 Å².